The minimum atomic E-state index is -0.657. The van der Waals surface area contributed by atoms with Crippen molar-refractivity contribution in [2.75, 3.05) is 32.1 Å². The van der Waals surface area contributed by atoms with E-state index in [2.05, 4.69) is 4.98 Å². The van der Waals surface area contributed by atoms with Crippen molar-refractivity contribution in [1.82, 2.24) is 9.88 Å². The van der Waals surface area contributed by atoms with Gasteiger partial charge in [-0.05, 0) is 51.3 Å². The van der Waals surface area contributed by atoms with Crippen molar-refractivity contribution in [2.45, 2.75) is 6.42 Å². The second-order valence-electron chi connectivity index (χ2n) is 7.18. The highest BCUT2D eigenvalue weighted by Crippen LogP contribution is 2.33. The summed E-state index contributed by atoms with van der Waals surface area (Å²) in [6.07, 6.45) is 0.724. The zero-order valence-electron chi connectivity index (χ0n) is 16.6. The van der Waals surface area contributed by atoms with Gasteiger partial charge in [0.15, 0.2) is 5.13 Å². The van der Waals surface area contributed by atoms with Gasteiger partial charge in [0.25, 0.3) is 5.91 Å². The molecule has 1 amide bonds. The van der Waals surface area contributed by atoms with Gasteiger partial charge in [-0.3, -0.25) is 9.69 Å². The molecule has 2 aromatic heterocycles. The Labute approximate surface area is 182 Å². The average molecular weight is 442 g/mol. The molecule has 2 aromatic carbocycles. The molecule has 4 rings (SSSR count). The second kappa shape index (κ2) is 8.55. The summed E-state index contributed by atoms with van der Waals surface area (Å²) in [7, 11) is 3.95. The van der Waals surface area contributed by atoms with E-state index < -0.39 is 11.5 Å². The maximum Gasteiger partial charge on any atom is 0.349 e. The molecule has 0 aliphatic carbocycles. The number of nitrogens with zero attached hydrogens (tertiary/aromatic N) is 3. The molecule has 4 aromatic rings. The number of fused-ring (bicyclic) bond motifs is 2. The molecule has 0 N–H and O–H groups in total. The van der Waals surface area contributed by atoms with E-state index in [1.54, 1.807) is 29.2 Å². The van der Waals surface area contributed by atoms with Crippen LogP contribution >= 0.6 is 22.9 Å². The van der Waals surface area contributed by atoms with E-state index in [9.17, 15) is 9.59 Å². The Bertz CT molecular complexity index is 1280. The Hall–Kier alpha value is -2.74. The number of amides is 1. The monoisotopic (exact) mass is 441 g/mol. The van der Waals surface area contributed by atoms with Gasteiger partial charge >= 0.3 is 5.63 Å². The van der Waals surface area contributed by atoms with Crippen molar-refractivity contribution < 1.29 is 9.21 Å². The quantitative estimate of drug-likeness (QED) is 0.407. The van der Waals surface area contributed by atoms with Crippen molar-refractivity contribution in [2.24, 2.45) is 0 Å². The molecule has 0 atom stereocenters. The number of hydrogen-bond donors (Lipinski definition) is 0. The Balaban J connectivity index is 1.76. The standard InChI is InChI=1S/C22H20ClN3O3S/c1-25(2)11-6-12-26(22-24-19-16(23)8-5-10-18(19)30-22)20(27)15-13-14-7-3-4-9-17(14)29-21(15)28/h3-5,7-10,13H,6,11-12H2,1-2H3. The van der Waals surface area contributed by atoms with Crippen LogP contribution in [0.4, 0.5) is 5.13 Å². The summed E-state index contributed by atoms with van der Waals surface area (Å²) in [6.45, 7) is 1.21. The van der Waals surface area contributed by atoms with Gasteiger partial charge in [0, 0.05) is 11.9 Å². The SMILES string of the molecule is CN(C)CCCN(C(=O)c1cc2ccccc2oc1=O)c1nc2c(Cl)cccc2s1. The van der Waals surface area contributed by atoms with Crippen molar-refractivity contribution in [1.29, 1.82) is 0 Å². The molecular formula is C22H20ClN3O3S. The summed E-state index contributed by atoms with van der Waals surface area (Å²) in [5, 5.41) is 1.73. The normalized spacial score (nSPS) is 11.5. The first-order valence-corrected chi connectivity index (χ1v) is 10.7. The number of anilines is 1. The molecule has 0 radical (unpaired) electrons. The lowest BCUT2D eigenvalue weighted by Crippen LogP contribution is -2.36. The fourth-order valence-corrected chi connectivity index (χ4v) is 4.49. The zero-order chi connectivity index (χ0) is 21.3. The number of benzene rings is 2. The molecule has 30 heavy (non-hydrogen) atoms. The number of rotatable bonds is 6. The van der Waals surface area contributed by atoms with Crippen molar-refractivity contribution in [3.8, 4) is 0 Å². The van der Waals surface area contributed by atoms with E-state index in [4.69, 9.17) is 16.0 Å². The van der Waals surface area contributed by atoms with Crippen LogP contribution in [0.15, 0.2) is 57.7 Å². The smallest absolute Gasteiger partial charge is 0.349 e. The van der Waals surface area contributed by atoms with E-state index in [1.807, 2.05) is 43.3 Å². The van der Waals surface area contributed by atoms with Gasteiger partial charge in [0.1, 0.15) is 16.7 Å². The minimum absolute atomic E-state index is 0.0103. The number of carbonyl (C=O) groups is 1. The Morgan fingerprint density at radius 3 is 2.70 bits per heavy atom. The van der Waals surface area contributed by atoms with Gasteiger partial charge in [-0.1, -0.05) is 47.2 Å². The van der Waals surface area contributed by atoms with Crippen LogP contribution in [-0.2, 0) is 0 Å². The Kier molecular flexibility index (Phi) is 5.85. The number of para-hydroxylation sites is 2. The van der Waals surface area contributed by atoms with Crippen LogP contribution in [0.2, 0.25) is 5.02 Å². The molecule has 0 saturated heterocycles. The molecule has 0 aliphatic rings. The van der Waals surface area contributed by atoms with Crippen molar-refractivity contribution in [3.05, 3.63) is 69.5 Å². The molecule has 0 spiro atoms. The van der Waals surface area contributed by atoms with Crippen LogP contribution in [0.5, 0.6) is 0 Å². The first-order valence-electron chi connectivity index (χ1n) is 9.48. The Morgan fingerprint density at radius 1 is 1.13 bits per heavy atom. The van der Waals surface area contributed by atoms with Crippen molar-refractivity contribution in [3.63, 3.8) is 0 Å². The molecule has 0 saturated carbocycles. The van der Waals surface area contributed by atoms with Gasteiger partial charge in [0.05, 0.1) is 9.72 Å². The van der Waals surface area contributed by atoms with Crippen LogP contribution in [0.3, 0.4) is 0 Å². The highest BCUT2D eigenvalue weighted by Gasteiger charge is 2.25. The van der Waals surface area contributed by atoms with E-state index in [0.29, 0.717) is 33.2 Å². The zero-order valence-corrected chi connectivity index (χ0v) is 18.2. The Morgan fingerprint density at radius 2 is 1.93 bits per heavy atom. The molecule has 6 nitrogen and oxygen atoms in total. The first-order chi connectivity index (χ1) is 14.4. The van der Waals surface area contributed by atoms with Crippen LogP contribution in [-0.4, -0.2) is 43.0 Å². The number of aromatic nitrogens is 1. The topological polar surface area (TPSA) is 66.7 Å². The first kappa shape index (κ1) is 20.5. The predicted molar refractivity (Wildman–Crippen MR) is 122 cm³/mol. The molecule has 0 aliphatic heterocycles. The number of halogens is 1. The summed E-state index contributed by atoms with van der Waals surface area (Å²) >= 11 is 7.65. The van der Waals surface area contributed by atoms with Crippen LogP contribution in [0.25, 0.3) is 21.2 Å². The summed E-state index contributed by atoms with van der Waals surface area (Å²) in [4.78, 5) is 34.2. The summed E-state index contributed by atoms with van der Waals surface area (Å²) in [5.41, 5.74) is 0.430. The largest absolute Gasteiger partial charge is 0.422 e. The molecule has 0 fully saturated rings. The number of carbonyl (C=O) groups excluding carboxylic acids is 1. The third-order valence-corrected chi connectivity index (χ3v) is 6.04. The summed E-state index contributed by atoms with van der Waals surface area (Å²) < 4.78 is 6.25. The summed E-state index contributed by atoms with van der Waals surface area (Å²) in [6, 6.07) is 14.2. The average Bonchev–Trinajstić information content (AvgIpc) is 3.15. The fraction of sp³-hybridized carbons (Fsp3) is 0.227. The van der Waals surface area contributed by atoms with E-state index in [0.717, 1.165) is 17.7 Å². The third-order valence-electron chi connectivity index (χ3n) is 4.69. The van der Waals surface area contributed by atoms with Gasteiger partial charge in [0.2, 0.25) is 0 Å². The van der Waals surface area contributed by atoms with Gasteiger partial charge in [-0.25, -0.2) is 9.78 Å². The maximum absolute atomic E-state index is 13.4. The van der Waals surface area contributed by atoms with Gasteiger partial charge in [-0.2, -0.15) is 0 Å². The van der Waals surface area contributed by atoms with Gasteiger partial charge < -0.3 is 9.32 Å². The molecule has 0 bridgehead atoms. The number of thiazole rings is 1. The number of hydrogen-bond acceptors (Lipinski definition) is 6. The molecule has 8 heteroatoms. The van der Waals surface area contributed by atoms with Crippen molar-refractivity contribution >= 4 is 55.2 Å². The molecule has 2 heterocycles. The summed E-state index contributed by atoms with van der Waals surface area (Å²) in [5.74, 6) is -0.427. The fourth-order valence-electron chi connectivity index (χ4n) is 3.20. The maximum atomic E-state index is 13.4. The van der Waals surface area contributed by atoms with Crippen LogP contribution < -0.4 is 10.5 Å². The highest BCUT2D eigenvalue weighted by molar-refractivity contribution is 7.22. The third kappa shape index (κ3) is 4.09. The lowest BCUT2D eigenvalue weighted by molar-refractivity contribution is 0.0982. The van der Waals surface area contributed by atoms with Crippen LogP contribution in [0.1, 0.15) is 16.8 Å². The van der Waals surface area contributed by atoms with Crippen LogP contribution in [0, 0.1) is 0 Å². The lowest BCUT2D eigenvalue weighted by atomic mass is 10.1. The second-order valence-corrected chi connectivity index (χ2v) is 8.60. The molecule has 0 unspecified atom stereocenters. The molecular weight excluding hydrogens is 422 g/mol. The lowest BCUT2D eigenvalue weighted by Gasteiger charge is -2.20. The minimum Gasteiger partial charge on any atom is -0.422 e. The van der Waals surface area contributed by atoms with E-state index >= 15 is 0 Å². The van der Waals surface area contributed by atoms with E-state index in [1.165, 1.54) is 11.3 Å². The van der Waals surface area contributed by atoms with E-state index in [-0.39, 0.29) is 5.56 Å². The molecule has 154 valence electrons. The highest BCUT2D eigenvalue weighted by atomic mass is 35.5. The van der Waals surface area contributed by atoms with Gasteiger partial charge in [-0.15, -0.1) is 0 Å². The predicted octanol–water partition coefficient (Wildman–Crippen LogP) is 4.65.